The highest BCUT2D eigenvalue weighted by atomic mass is 35.5. The molecule has 0 spiro atoms. The number of halogens is 7. The molecule has 2 aromatic rings. The van der Waals surface area contributed by atoms with Crippen LogP contribution in [0.1, 0.15) is 22.1 Å². The van der Waals surface area contributed by atoms with E-state index in [1.165, 1.54) is 24.3 Å². The van der Waals surface area contributed by atoms with Crippen LogP contribution in [-0.2, 0) is 6.18 Å². The van der Waals surface area contributed by atoms with E-state index >= 15 is 0 Å². The molecule has 0 amide bonds. The van der Waals surface area contributed by atoms with Crippen LogP contribution in [0.2, 0.25) is 10.0 Å². The topological polar surface area (TPSA) is 0 Å². The van der Waals surface area contributed by atoms with Crippen molar-refractivity contribution in [2.24, 2.45) is 0 Å². The molecule has 0 fully saturated rings. The van der Waals surface area contributed by atoms with E-state index in [1.807, 2.05) is 0 Å². The summed E-state index contributed by atoms with van der Waals surface area (Å²) in [6.45, 7) is 0. The molecule has 7 heteroatoms. The Balaban J connectivity index is 2.54. The summed E-state index contributed by atoms with van der Waals surface area (Å²) >= 11 is 17.8. The smallest absolute Gasteiger partial charge is 0.206 e. The molecule has 0 N–H and O–H groups in total. The second kappa shape index (κ2) is 6.03. The molecule has 0 radical (unpaired) electrons. The Morgan fingerprint density at radius 3 is 2.24 bits per heavy atom. The van der Waals surface area contributed by atoms with E-state index in [0.717, 1.165) is 6.07 Å². The van der Waals surface area contributed by atoms with Gasteiger partial charge in [-0.15, -0.1) is 11.6 Å². The molecule has 2 rings (SSSR count). The lowest BCUT2D eigenvalue weighted by molar-refractivity contribution is -0.140. The average Bonchev–Trinajstić information content (AvgIpc) is 2.39. The van der Waals surface area contributed by atoms with Gasteiger partial charge in [0.1, 0.15) is 5.82 Å². The first kappa shape index (κ1) is 16.4. The van der Waals surface area contributed by atoms with Gasteiger partial charge in [0.2, 0.25) is 0 Å². The summed E-state index contributed by atoms with van der Waals surface area (Å²) in [5, 5.41) is -0.692. The molecule has 0 nitrogen and oxygen atoms in total. The highest BCUT2D eigenvalue weighted by molar-refractivity contribution is 6.35. The van der Waals surface area contributed by atoms with Gasteiger partial charge in [-0.25, -0.2) is 4.39 Å². The predicted molar refractivity (Wildman–Crippen MR) is 75.6 cm³/mol. The zero-order valence-corrected chi connectivity index (χ0v) is 12.5. The van der Waals surface area contributed by atoms with Gasteiger partial charge >= 0.3 is 6.18 Å². The van der Waals surface area contributed by atoms with E-state index in [0.29, 0.717) is 11.1 Å². The molecule has 2 aromatic carbocycles. The van der Waals surface area contributed by atoms with Gasteiger partial charge in [0.05, 0.1) is 10.9 Å². The first-order chi connectivity index (χ1) is 9.71. The number of rotatable bonds is 2. The number of hydrogen-bond donors (Lipinski definition) is 0. The van der Waals surface area contributed by atoms with Crippen molar-refractivity contribution in [3.05, 3.63) is 69.0 Å². The first-order valence-corrected chi connectivity index (χ1v) is 6.85. The minimum Gasteiger partial charge on any atom is -0.206 e. The summed E-state index contributed by atoms with van der Waals surface area (Å²) in [4.78, 5) is 0. The monoisotopic (exact) mass is 356 g/mol. The Kier molecular flexibility index (Phi) is 4.71. The number of hydrogen-bond acceptors (Lipinski definition) is 0. The van der Waals surface area contributed by atoms with Crippen LogP contribution < -0.4 is 0 Å². The third kappa shape index (κ3) is 3.44. The Bertz CT molecular complexity index is 668. The lowest BCUT2D eigenvalue weighted by atomic mass is 10.0. The molecular formula is C14H7Cl3F4. The van der Waals surface area contributed by atoms with Gasteiger partial charge in [-0.3, -0.25) is 0 Å². The Labute approximate surface area is 133 Å². The molecule has 1 atom stereocenters. The predicted octanol–water partition coefficient (Wildman–Crippen LogP) is 6.48. The van der Waals surface area contributed by atoms with Crippen molar-refractivity contribution >= 4 is 34.8 Å². The Morgan fingerprint density at radius 1 is 0.952 bits per heavy atom. The maximum Gasteiger partial charge on any atom is 0.419 e. The molecule has 112 valence electrons. The lowest BCUT2D eigenvalue weighted by Crippen LogP contribution is -2.11. The zero-order chi connectivity index (χ0) is 15.8. The summed E-state index contributed by atoms with van der Waals surface area (Å²) < 4.78 is 52.2. The van der Waals surface area contributed by atoms with Gasteiger partial charge in [0, 0.05) is 15.6 Å². The minimum atomic E-state index is -4.80. The first-order valence-electron chi connectivity index (χ1n) is 5.66. The van der Waals surface area contributed by atoms with Crippen molar-refractivity contribution in [2.75, 3.05) is 0 Å². The van der Waals surface area contributed by atoms with Crippen molar-refractivity contribution < 1.29 is 17.6 Å². The van der Waals surface area contributed by atoms with Crippen LogP contribution in [0.3, 0.4) is 0 Å². The molecule has 0 aliphatic heterocycles. The molecule has 1 unspecified atom stereocenters. The van der Waals surface area contributed by atoms with Crippen LogP contribution in [0.5, 0.6) is 0 Å². The highest BCUT2D eigenvalue weighted by Crippen LogP contribution is 2.39. The SMILES string of the molecule is Fc1c(C(Cl)c2cc(Cl)ccc2Cl)cccc1C(F)(F)F. The van der Waals surface area contributed by atoms with Gasteiger partial charge in [-0.05, 0) is 29.8 Å². The van der Waals surface area contributed by atoms with E-state index in [-0.39, 0.29) is 16.1 Å². The van der Waals surface area contributed by atoms with Gasteiger partial charge in [-0.2, -0.15) is 13.2 Å². The highest BCUT2D eigenvalue weighted by Gasteiger charge is 2.35. The Hall–Kier alpha value is -0.970. The molecule has 21 heavy (non-hydrogen) atoms. The maximum absolute atomic E-state index is 14.1. The van der Waals surface area contributed by atoms with E-state index in [4.69, 9.17) is 34.8 Å². The summed E-state index contributed by atoms with van der Waals surface area (Å²) in [5.74, 6) is -1.42. The zero-order valence-electron chi connectivity index (χ0n) is 10.2. The molecule has 0 saturated heterocycles. The third-order valence-electron chi connectivity index (χ3n) is 2.84. The molecule has 0 heterocycles. The van der Waals surface area contributed by atoms with Crippen molar-refractivity contribution in [3.8, 4) is 0 Å². The summed E-state index contributed by atoms with van der Waals surface area (Å²) in [6, 6.07) is 7.26. The van der Waals surface area contributed by atoms with E-state index in [2.05, 4.69) is 0 Å². The standard InChI is InChI=1S/C14H7Cl3F4/c15-7-4-5-11(16)9(6-7)12(17)8-2-1-3-10(13(8)18)14(19,20)21/h1-6,12H. The van der Waals surface area contributed by atoms with E-state index in [9.17, 15) is 17.6 Å². The summed E-state index contributed by atoms with van der Waals surface area (Å²) in [5.41, 5.74) is -1.44. The molecule has 0 aliphatic rings. The van der Waals surface area contributed by atoms with Crippen LogP contribution >= 0.6 is 34.8 Å². The fourth-order valence-corrected chi connectivity index (χ4v) is 2.65. The quantitative estimate of drug-likeness (QED) is 0.426. The van der Waals surface area contributed by atoms with Crippen molar-refractivity contribution in [1.82, 2.24) is 0 Å². The molecule has 0 bridgehead atoms. The van der Waals surface area contributed by atoms with Crippen LogP contribution in [0.25, 0.3) is 0 Å². The lowest BCUT2D eigenvalue weighted by Gasteiger charge is -2.16. The van der Waals surface area contributed by atoms with E-state index < -0.39 is 22.9 Å². The summed E-state index contributed by atoms with van der Waals surface area (Å²) in [6.07, 6.45) is -4.80. The second-order valence-corrected chi connectivity index (χ2v) is 5.52. The van der Waals surface area contributed by atoms with Crippen molar-refractivity contribution in [2.45, 2.75) is 11.6 Å². The van der Waals surface area contributed by atoms with E-state index in [1.54, 1.807) is 0 Å². The van der Waals surface area contributed by atoms with Crippen molar-refractivity contribution in [3.63, 3.8) is 0 Å². The number of benzene rings is 2. The van der Waals surface area contributed by atoms with Gasteiger partial charge in [-0.1, -0.05) is 35.3 Å². The van der Waals surface area contributed by atoms with Crippen LogP contribution in [0.15, 0.2) is 36.4 Å². The maximum atomic E-state index is 14.1. The van der Waals surface area contributed by atoms with Crippen molar-refractivity contribution in [1.29, 1.82) is 0 Å². The van der Waals surface area contributed by atoms with Crippen LogP contribution in [0, 0.1) is 5.82 Å². The molecule has 0 aliphatic carbocycles. The van der Waals surface area contributed by atoms with Gasteiger partial charge < -0.3 is 0 Å². The third-order valence-corrected chi connectivity index (χ3v) is 3.89. The molecular weight excluding hydrogens is 351 g/mol. The second-order valence-electron chi connectivity index (χ2n) is 4.23. The van der Waals surface area contributed by atoms with Crippen LogP contribution in [0.4, 0.5) is 17.6 Å². The summed E-state index contributed by atoms with van der Waals surface area (Å²) in [7, 11) is 0. The number of alkyl halides is 4. The largest absolute Gasteiger partial charge is 0.419 e. The van der Waals surface area contributed by atoms with Gasteiger partial charge in [0.15, 0.2) is 0 Å². The normalized spacial score (nSPS) is 13.3. The fourth-order valence-electron chi connectivity index (χ4n) is 1.84. The Morgan fingerprint density at radius 2 is 1.62 bits per heavy atom. The van der Waals surface area contributed by atoms with Crippen LogP contribution in [-0.4, -0.2) is 0 Å². The van der Waals surface area contributed by atoms with Gasteiger partial charge in [0.25, 0.3) is 0 Å². The average molecular weight is 358 g/mol. The fraction of sp³-hybridized carbons (Fsp3) is 0.143. The minimum absolute atomic E-state index is 0.191. The molecule has 0 saturated carbocycles. The molecule has 0 aromatic heterocycles.